The van der Waals surface area contributed by atoms with Gasteiger partial charge in [0, 0.05) is 42.4 Å². The summed E-state index contributed by atoms with van der Waals surface area (Å²) in [7, 11) is 0. The van der Waals surface area contributed by atoms with Gasteiger partial charge in [-0.15, -0.1) is 12.8 Å². The number of carbonyl (C=O) groups excluding carboxylic acids is 2. The van der Waals surface area contributed by atoms with Crippen LogP contribution in [-0.4, -0.2) is 48.4 Å². The van der Waals surface area contributed by atoms with E-state index < -0.39 is 0 Å². The molecule has 6 heteroatoms. The summed E-state index contributed by atoms with van der Waals surface area (Å²) in [5, 5.41) is 8.63. The van der Waals surface area contributed by atoms with E-state index in [1.807, 2.05) is 59.5 Å². The van der Waals surface area contributed by atoms with Gasteiger partial charge in [-0.1, -0.05) is 42.2 Å². The zero-order valence-corrected chi connectivity index (χ0v) is 20.9. The Morgan fingerprint density at radius 2 is 1.78 bits per heavy atom. The molecule has 1 saturated heterocycles. The fourth-order valence-corrected chi connectivity index (χ4v) is 4.75. The molecule has 1 aliphatic heterocycles. The summed E-state index contributed by atoms with van der Waals surface area (Å²) >= 11 is 0. The maximum absolute atomic E-state index is 13.4. The number of carbonyl (C=O) groups is 2. The molecule has 0 saturated carbocycles. The third kappa shape index (κ3) is 6.57. The van der Waals surface area contributed by atoms with E-state index in [0.29, 0.717) is 55.7 Å². The maximum Gasteiger partial charge on any atom is 0.251 e. The number of rotatable bonds is 8. The Balaban J connectivity index is 1.45. The van der Waals surface area contributed by atoms with Crippen molar-refractivity contribution in [2.24, 2.45) is 5.73 Å². The van der Waals surface area contributed by atoms with Gasteiger partial charge in [0.1, 0.15) is 0 Å². The summed E-state index contributed by atoms with van der Waals surface area (Å²) in [6, 6.07) is 18.8. The van der Waals surface area contributed by atoms with E-state index in [9.17, 15) is 9.59 Å². The first-order valence-electron chi connectivity index (χ1n) is 12.6. The summed E-state index contributed by atoms with van der Waals surface area (Å²) in [6.07, 6.45) is 13.2. The smallest absolute Gasteiger partial charge is 0.251 e. The predicted octanol–water partition coefficient (Wildman–Crippen LogP) is 3.03. The van der Waals surface area contributed by atoms with Gasteiger partial charge in [-0.3, -0.25) is 9.59 Å². The number of nitrogens with two attached hydrogens (primary N) is 1. The van der Waals surface area contributed by atoms with Crippen molar-refractivity contribution in [3.63, 3.8) is 0 Å². The van der Waals surface area contributed by atoms with Gasteiger partial charge < -0.3 is 21.3 Å². The molecular weight excluding hydrogens is 460 g/mol. The first kappa shape index (κ1) is 26.0. The highest BCUT2D eigenvalue weighted by Crippen LogP contribution is 2.18. The average Bonchev–Trinajstić information content (AvgIpc) is 3.08. The van der Waals surface area contributed by atoms with Crippen molar-refractivity contribution in [1.82, 2.24) is 15.5 Å². The molecule has 6 nitrogen and oxygen atoms in total. The van der Waals surface area contributed by atoms with Crippen LogP contribution in [0.15, 0.2) is 60.7 Å². The highest BCUT2D eigenvalue weighted by atomic mass is 16.2. The fourth-order valence-electron chi connectivity index (χ4n) is 4.75. The van der Waals surface area contributed by atoms with Gasteiger partial charge in [0.2, 0.25) is 5.91 Å². The molecule has 0 radical (unpaired) electrons. The topological polar surface area (TPSA) is 87.5 Å². The molecule has 0 spiro atoms. The Kier molecular flexibility index (Phi) is 8.59. The van der Waals surface area contributed by atoms with Crippen LogP contribution >= 0.6 is 0 Å². The third-order valence-electron chi connectivity index (χ3n) is 6.71. The van der Waals surface area contributed by atoms with Crippen LogP contribution in [0.25, 0.3) is 10.8 Å². The molecule has 1 aliphatic rings. The predicted molar refractivity (Wildman–Crippen MR) is 148 cm³/mol. The first-order chi connectivity index (χ1) is 18.0. The van der Waals surface area contributed by atoms with Gasteiger partial charge >= 0.3 is 0 Å². The maximum atomic E-state index is 13.4. The van der Waals surface area contributed by atoms with Crippen molar-refractivity contribution in [2.45, 2.75) is 37.9 Å². The second kappa shape index (κ2) is 12.2. The fraction of sp³-hybridized carbons (Fsp3) is 0.290. The van der Waals surface area contributed by atoms with E-state index in [2.05, 4.69) is 22.5 Å². The molecule has 37 heavy (non-hydrogen) atoms. The number of hydrogen-bond acceptors (Lipinski definition) is 4. The highest BCUT2D eigenvalue weighted by Gasteiger charge is 2.30. The molecule has 0 aliphatic carbocycles. The van der Waals surface area contributed by atoms with Crippen molar-refractivity contribution >= 4 is 22.6 Å². The van der Waals surface area contributed by atoms with Gasteiger partial charge in [0.05, 0.1) is 6.04 Å². The largest absolute Gasteiger partial charge is 0.350 e. The quantitative estimate of drug-likeness (QED) is 0.422. The Hall–Kier alpha value is -4.10. The van der Waals surface area contributed by atoms with Gasteiger partial charge in [-0.25, -0.2) is 0 Å². The van der Waals surface area contributed by atoms with E-state index in [4.69, 9.17) is 18.6 Å². The molecule has 3 aromatic rings. The second-order valence-electron chi connectivity index (χ2n) is 9.37. The normalized spacial score (nSPS) is 17.6. The minimum absolute atomic E-state index is 0.0187. The highest BCUT2D eigenvalue weighted by molar-refractivity contribution is 5.98. The van der Waals surface area contributed by atoms with Crippen molar-refractivity contribution in [3.05, 3.63) is 82.9 Å². The number of terminal acetylenes is 2. The van der Waals surface area contributed by atoms with Crippen LogP contribution in [0.2, 0.25) is 0 Å². The number of amides is 2. The molecule has 188 valence electrons. The SMILES string of the molecule is C#Cc1cc(C#C)cc(CN2CC[C@@H](CNC(=O)c3ccc4ccccc4c3)N[C@@H](CCCN)C2=O)c1. The second-order valence-corrected chi connectivity index (χ2v) is 9.37. The van der Waals surface area contributed by atoms with E-state index in [-0.39, 0.29) is 23.9 Å². The lowest BCUT2D eigenvalue weighted by Crippen LogP contribution is -2.48. The lowest BCUT2D eigenvalue weighted by atomic mass is 10.0. The summed E-state index contributed by atoms with van der Waals surface area (Å²) in [5.74, 6) is 5.15. The summed E-state index contributed by atoms with van der Waals surface area (Å²) in [4.78, 5) is 28.2. The van der Waals surface area contributed by atoms with Crippen LogP contribution in [0, 0.1) is 24.7 Å². The van der Waals surface area contributed by atoms with E-state index in [1.54, 1.807) is 6.07 Å². The number of benzene rings is 3. The summed E-state index contributed by atoms with van der Waals surface area (Å²) in [6.45, 7) is 1.89. The lowest BCUT2D eigenvalue weighted by Gasteiger charge is -2.25. The molecule has 1 fully saturated rings. The van der Waals surface area contributed by atoms with Crippen LogP contribution < -0.4 is 16.4 Å². The van der Waals surface area contributed by atoms with Crippen LogP contribution in [0.4, 0.5) is 0 Å². The Morgan fingerprint density at radius 3 is 2.49 bits per heavy atom. The summed E-state index contributed by atoms with van der Waals surface area (Å²) < 4.78 is 0. The lowest BCUT2D eigenvalue weighted by molar-refractivity contribution is -0.133. The standard InChI is InChI=1S/C31H32N4O2/c1-3-22-16-23(4-2)18-24(17-22)21-35-15-13-28(34-29(31(35)37)10-7-14-32)20-33-30(36)27-12-11-25-8-5-6-9-26(25)19-27/h1-2,5-6,8-9,11-12,16-19,28-29,34H,7,10,13-15,20-21,32H2,(H,33,36)/t28-,29-/m0/s1. The van der Waals surface area contributed by atoms with E-state index in [0.717, 1.165) is 22.8 Å². The van der Waals surface area contributed by atoms with Gasteiger partial charge in [-0.2, -0.15) is 0 Å². The Bertz CT molecular complexity index is 1340. The van der Waals surface area contributed by atoms with Crippen molar-refractivity contribution in [1.29, 1.82) is 0 Å². The first-order valence-corrected chi connectivity index (χ1v) is 12.6. The number of hydrogen-bond donors (Lipinski definition) is 3. The van der Waals surface area contributed by atoms with E-state index >= 15 is 0 Å². The minimum atomic E-state index is -0.378. The number of nitrogens with zero attached hydrogens (tertiary/aromatic N) is 1. The van der Waals surface area contributed by atoms with Gasteiger partial charge in [0.15, 0.2) is 0 Å². The van der Waals surface area contributed by atoms with Crippen molar-refractivity contribution in [3.8, 4) is 24.7 Å². The molecule has 0 aromatic heterocycles. The molecule has 0 unspecified atom stereocenters. The van der Waals surface area contributed by atoms with Crippen LogP contribution in [0.1, 0.15) is 46.3 Å². The molecule has 1 heterocycles. The van der Waals surface area contributed by atoms with Crippen LogP contribution in [0.3, 0.4) is 0 Å². The molecule has 0 bridgehead atoms. The molecular formula is C31H32N4O2. The van der Waals surface area contributed by atoms with Crippen molar-refractivity contribution < 1.29 is 9.59 Å². The monoisotopic (exact) mass is 492 g/mol. The molecule has 3 aromatic carbocycles. The molecule has 4 rings (SSSR count). The Labute approximate surface area is 218 Å². The summed E-state index contributed by atoms with van der Waals surface area (Å²) in [5.41, 5.74) is 8.64. The zero-order valence-electron chi connectivity index (χ0n) is 20.9. The van der Waals surface area contributed by atoms with Crippen molar-refractivity contribution in [2.75, 3.05) is 19.6 Å². The molecule has 2 atom stereocenters. The van der Waals surface area contributed by atoms with Gasteiger partial charge in [0.25, 0.3) is 5.91 Å². The third-order valence-corrected chi connectivity index (χ3v) is 6.71. The van der Waals surface area contributed by atoms with E-state index in [1.165, 1.54) is 0 Å². The minimum Gasteiger partial charge on any atom is -0.350 e. The number of fused-ring (bicyclic) bond motifs is 1. The average molecular weight is 493 g/mol. The van der Waals surface area contributed by atoms with Crippen LogP contribution in [0.5, 0.6) is 0 Å². The molecule has 2 amide bonds. The number of nitrogens with one attached hydrogen (secondary N) is 2. The van der Waals surface area contributed by atoms with Gasteiger partial charge in [-0.05, 0) is 72.5 Å². The zero-order chi connectivity index (χ0) is 26.2. The van der Waals surface area contributed by atoms with Crippen LogP contribution in [-0.2, 0) is 11.3 Å². The Morgan fingerprint density at radius 1 is 1.05 bits per heavy atom. The molecule has 4 N–H and O–H groups in total.